The average molecular weight is 219 g/mol. The second-order valence-corrected chi connectivity index (χ2v) is 5.77. The topological polar surface area (TPSA) is 21.1 Å². The molecule has 2 atom stereocenters. The van der Waals surface area contributed by atoms with Gasteiger partial charge in [0.2, 0.25) is 0 Å². The first kappa shape index (κ1) is 10.3. The van der Waals surface area contributed by atoms with Crippen molar-refractivity contribution in [2.75, 3.05) is 13.1 Å². The summed E-state index contributed by atoms with van der Waals surface area (Å²) in [5, 5.41) is 4.62. The molecule has 0 N–H and O–H groups in total. The van der Waals surface area contributed by atoms with E-state index in [9.17, 15) is 0 Å². The number of aryl methyl sites for hydroxylation is 2. The molecular weight excluding hydrogens is 198 g/mol. The van der Waals surface area contributed by atoms with Crippen molar-refractivity contribution < 1.29 is 0 Å². The van der Waals surface area contributed by atoms with Gasteiger partial charge in [-0.2, -0.15) is 5.10 Å². The smallest absolute Gasteiger partial charge is 0.0691 e. The fourth-order valence-corrected chi connectivity index (χ4v) is 3.34. The molecule has 1 aromatic heterocycles. The normalized spacial score (nSPS) is 33.4. The van der Waals surface area contributed by atoms with Crippen LogP contribution in [0, 0.1) is 18.8 Å². The monoisotopic (exact) mass is 219 g/mol. The molecule has 0 bridgehead atoms. The van der Waals surface area contributed by atoms with Crippen molar-refractivity contribution in [2.24, 2.45) is 18.9 Å². The molecule has 1 saturated carbocycles. The standard InChI is InChI=1S/C13H21N3/c1-8(2)16-6-10-11(7-16)12(10)13-9(3)5-15(4)14-13/h5,8,10-12H,6-7H2,1-4H3. The summed E-state index contributed by atoms with van der Waals surface area (Å²) < 4.78 is 1.96. The molecule has 1 aliphatic heterocycles. The van der Waals surface area contributed by atoms with Crippen LogP contribution in [0.5, 0.6) is 0 Å². The molecule has 1 aromatic rings. The van der Waals surface area contributed by atoms with Gasteiger partial charge < -0.3 is 4.90 Å². The van der Waals surface area contributed by atoms with Gasteiger partial charge in [0.25, 0.3) is 0 Å². The number of nitrogens with zero attached hydrogens (tertiary/aromatic N) is 3. The van der Waals surface area contributed by atoms with E-state index in [1.807, 2.05) is 11.7 Å². The Bertz CT molecular complexity index is 395. The maximum absolute atomic E-state index is 4.62. The third-order valence-electron chi connectivity index (χ3n) is 4.32. The van der Waals surface area contributed by atoms with Crippen molar-refractivity contribution in [3.63, 3.8) is 0 Å². The Hall–Kier alpha value is -0.830. The Morgan fingerprint density at radius 2 is 1.94 bits per heavy atom. The summed E-state index contributed by atoms with van der Waals surface area (Å²) in [5.74, 6) is 2.53. The first-order valence-electron chi connectivity index (χ1n) is 6.32. The summed E-state index contributed by atoms with van der Waals surface area (Å²) >= 11 is 0. The predicted octanol–water partition coefficient (Wildman–Crippen LogP) is 1.78. The van der Waals surface area contributed by atoms with Gasteiger partial charge in [-0.3, -0.25) is 4.68 Å². The van der Waals surface area contributed by atoms with E-state index < -0.39 is 0 Å². The Morgan fingerprint density at radius 3 is 2.38 bits per heavy atom. The van der Waals surface area contributed by atoms with Gasteiger partial charge >= 0.3 is 0 Å². The highest BCUT2D eigenvalue weighted by molar-refractivity contribution is 5.30. The van der Waals surface area contributed by atoms with Crippen LogP contribution in [0.25, 0.3) is 0 Å². The third-order valence-corrected chi connectivity index (χ3v) is 4.32. The summed E-state index contributed by atoms with van der Waals surface area (Å²) in [4.78, 5) is 2.60. The van der Waals surface area contributed by atoms with Gasteiger partial charge in [0.1, 0.15) is 0 Å². The molecule has 2 unspecified atom stereocenters. The molecule has 2 heterocycles. The van der Waals surface area contributed by atoms with E-state index in [2.05, 4.69) is 37.0 Å². The quantitative estimate of drug-likeness (QED) is 0.756. The minimum atomic E-state index is 0.707. The van der Waals surface area contributed by atoms with E-state index >= 15 is 0 Å². The molecule has 3 nitrogen and oxygen atoms in total. The Morgan fingerprint density at radius 1 is 1.31 bits per heavy atom. The van der Waals surface area contributed by atoms with E-state index in [1.165, 1.54) is 24.3 Å². The highest BCUT2D eigenvalue weighted by Gasteiger charge is 2.57. The van der Waals surface area contributed by atoms with Crippen LogP contribution in [0.15, 0.2) is 6.20 Å². The Labute approximate surface area is 97.4 Å². The largest absolute Gasteiger partial charge is 0.300 e. The lowest BCUT2D eigenvalue weighted by molar-refractivity contribution is 0.242. The molecular formula is C13H21N3. The van der Waals surface area contributed by atoms with Crippen LogP contribution < -0.4 is 0 Å². The van der Waals surface area contributed by atoms with E-state index in [0.717, 1.165) is 17.8 Å². The lowest BCUT2D eigenvalue weighted by atomic mass is 10.1. The first-order valence-corrected chi connectivity index (χ1v) is 6.32. The van der Waals surface area contributed by atoms with Crippen molar-refractivity contribution in [3.05, 3.63) is 17.5 Å². The number of hydrogen-bond donors (Lipinski definition) is 0. The fourth-order valence-electron chi connectivity index (χ4n) is 3.34. The van der Waals surface area contributed by atoms with Gasteiger partial charge in [-0.15, -0.1) is 0 Å². The van der Waals surface area contributed by atoms with Gasteiger partial charge in [0, 0.05) is 38.3 Å². The van der Waals surface area contributed by atoms with Crippen molar-refractivity contribution in [1.82, 2.24) is 14.7 Å². The summed E-state index contributed by atoms with van der Waals surface area (Å²) in [6.07, 6.45) is 2.14. The van der Waals surface area contributed by atoms with Crippen molar-refractivity contribution in [2.45, 2.75) is 32.7 Å². The zero-order valence-electron chi connectivity index (χ0n) is 10.6. The number of hydrogen-bond acceptors (Lipinski definition) is 2. The number of likely N-dealkylation sites (tertiary alicyclic amines) is 1. The second kappa shape index (κ2) is 3.33. The first-order chi connectivity index (χ1) is 7.58. The minimum absolute atomic E-state index is 0.707. The third kappa shape index (κ3) is 1.41. The van der Waals surface area contributed by atoms with Crippen LogP contribution in [0.3, 0.4) is 0 Å². The molecule has 88 valence electrons. The molecule has 3 rings (SSSR count). The SMILES string of the molecule is Cc1cn(C)nc1C1C2CN(C(C)C)CC21. The highest BCUT2D eigenvalue weighted by Crippen LogP contribution is 2.58. The van der Waals surface area contributed by atoms with E-state index in [1.54, 1.807) is 0 Å². The lowest BCUT2D eigenvalue weighted by Crippen LogP contribution is -2.31. The summed E-state index contributed by atoms with van der Waals surface area (Å²) in [6, 6.07) is 0.707. The Kier molecular flexibility index (Phi) is 2.15. The number of aromatic nitrogens is 2. The molecule has 16 heavy (non-hydrogen) atoms. The van der Waals surface area contributed by atoms with Crippen molar-refractivity contribution >= 4 is 0 Å². The van der Waals surface area contributed by atoms with Crippen LogP contribution in [-0.4, -0.2) is 33.8 Å². The van der Waals surface area contributed by atoms with Gasteiger partial charge in [0.15, 0.2) is 0 Å². The number of piperidine rings is 1. The number of rotatable bonds is 2. The van der Waals surface area contributed by atoms with E-state index in [4.69, 9.17) is 0 Å². The zero-order valence-corrected chi connectivity index (χ0v) is 10.6. The van der Waals surface area contributed by atoms with Crippen molar-refractivity contribution in [1.29, 1.82) is 0 Å². The zero-order chi connectivity index (χ0) is 11.4. The molecule has 0 aromatic carbocycles. The highest BCUT2D eigenvalue weighted by atomic mass is 15.3. The lowest BCUT2D eigenvalue weighted by Gasteiger charge is -2.23. The molecule has 1 aliphatic carbocycles. The van der Waals surface area contributed by atoms with Crippen molar-refractivity contribution in [3.8, 4) is 0 Å². The average Bonchev–Trinajstić information content (AvgIpc) is 2.59. The summed E-state index contributed by atoms with van der Waals surface area (Å²) in [6.45, 7) is 9.35. The van der Waals surface area contributed by atoms with E-state index in [-0.39, 0.29) is 0 Å². The van der Waals surface area contributed by atoms with Gasteiger partial charge in [-0.25, -0.2) is 0 Å². The maximum Gasteiger partial charge on any atom is 0.0691 e. The molecule has 0 radical (unpaired) electrons. The van der Waals surface area contributed by atoms with Crippen LogP contribution in [0.2, 0.25) is 0 Å². The second-order valence-electron chi connectivity index (χ2n) is 5.77. The van der Waals surface area contributed by atoms with Crippen LogP contribution in [-0.2, 0) is 7.05 Å². The van der Waals surface area contributed by atoms with Crippen LogP contribution >= 0.6 is 0 Å². The van der Waals surface area contributed by atoms with Gasteiger partial charge in [-0.1, -0.05) is 0 Å². The molecule has 1 saturated heterocycles. The maximum atomic E-state index is 4.62. The van der Waals surface area contributed by atoms with Crippen LogP contribution in [0.4, 0.5) is 0 Å². The predicted molar refractivity (Wildman–Crippen MR) is 64.4 cm³/mol. The molecule has 2 aliphatic rings. The summed E-state index contributed by atoms with van der Waals surface area (Å²) in [7, 11) is 2.02. The minimum Gasteiger partial charge on any atom is -0.300 e. The Balaban J connectivity index is 1.73. The van der Waals surface area contributed by atoms with Gasteiger partial charge in [0.05, 0.1) is 5.69 Å². The van der Waals surface area contributed by atoms with Crippen LogP contribution in [0.1, 0.15) is 31.0 Å². The van der Waals surface area contributed by atoms with E-state index in [0.29, 0.717) is 6.04 Å². The molecule has 0 spiro atoms. The molecule has 2 fully saturated rings. The molecule has 3 heteroatoms. The number of fused-ring (bicyclic) bond motifs is 1. The molecule has 0 amide bonds. The fraction of sp³-hybridized carbons (Fsp3) is 0.769. The summed E-state index contributed by atoms with van der Waals surface area (Å²) in [5.41, 5.74) is 2.74. The van der Waals surface area contributed by atoms with Gasteiger partial charge in [-0.05, 0) is 38.2 Å².